The van der Waals surface area contributed by atoms with E-state index in [0.29, 0.717) is 6.61 Å². The van der Waals surface area contributed by atoms with Gasteiger partial charge < -0.3 is 18.9 Å². The van der Waals surface area contributed by atoms with Gasteiger partial charge in [-0.15, -0.1) is 0 Å². The van der Waals surface area contributed by atoms with E-state index >= 15 is 0 Å². The molecule has 158 valence electrons. The first-order valence-electron chi connectivity index (χ1n) is 8.24. The molecule has 0 saturated heterocycles. The molecule has 13 heteroatoms. The molecule has 29 heavy (non-hydrogen) atoms. The maximum Gasteiger partial charge on any atom is 0.335 e. The zero-order valence-corrected chi connectivity index (χ0v) is 16.9. The lowest BCUT2D eigenvalue weighted by Crippen LogP contribution is -2.35. The highest BCUT2D eigenvalue weighted by atomic mass is 32.2. The van der Waals surface area contributed by atoms with Gasteiger partial charge in [0.15, 0.2) is 6.79 Å². The number of aryl methyl sites for hydroxylation is 1. The van der Waals surface area contributed by atoms with E-state index in [2.05, 4.69) is 20.3 Å². The standard InChI is InChI=1S/C16H21N5O7S/c1-11-17-14(20-16(18-11)26-3)19-15(22)21-29(23,24)13-7-5-4-6-12(13)28-10-27-9-8-25-2/h4-7H,8-10H2,1-3H3,(H2,17,18,19,20,21,22). The van der Waals surface area contributed by atoms with Crippen molar-refractivity contribution in [1.82, 2.24) is 19.7 Å². The normalized spacial score (nSPS) is 11.0. The van der Waals surface area contributed by atoms with E-state index in [1.165, 1.54) is 32.4 Å². The highest BCUT2D eigenvalue weighted by molar-refractivity contribution is 7.90. The zero-order chi connectivity index (χ0) is 21.3. The number of carbonyl (C=O) groups excluding carboxylic acids is 1. The van der Waals surface area contributed by atoms with Crippen molar-refractivity contribution >= 4 is 22.0 Å². The van der Waals surface area contributed by atoms with Crippen LogP contribution in [0.2, 0.25) is 0 Å². The van der Waals surface area contributed by atoms with Gasteiger partial charge in [0.05, 0.1) is 20.3 Å². The number of nitrogens with zero attached hydrogens (tertiary/aromatic N) is 3. The third kappa shape index (κ3) is 6.81. The molecule has 0 unspecified atom stereocenters. The monoisotopic (exact) mass is 427 g/mol. The van der Waals surface area contributed by atoms with E-state index in [1.807, 2.05) is 4.72 Å². The molecule has 0 aliphatic heterocycles. The summed E-state index contributed by atoms with van der Waals surface area (Å²) in [5.74, 6) is 0.128. The van der Waals surface area contributed by atoms with Crippen molar-refractivity contribution in [2.45, 2.75) is 11.8 Å². The van der Waals surface area contributed by atoms with Gasteiger partial charge in [-0.05, 0) is 19.1 Å². The lowest BCUT2D eigenvalue weighted by Gasteiger charge is -2.13. The quantitative estimate of drug-likeness (QED) is 0.409. The van der Waals surface area contributed by atoms with E-state index in [0.717, 1.165) is 0 Å². The number of aromatic nitrogens is 3. The topological polar surface area (TPSA) is 151 Å². The molecule has 2 aromatic rings. The Bertz CT molecular complexity index is 939. The Kier molecular flexibility index (Phi) is 8.06. The number of anilines is 1. The van der Waals surface area contributed by atoms with Crippen LogP contribution in [-0.2, 0) is 19.5 Å². The van der Waals surface area contributed by atoms with Crippen molar-refractivity contribution in [3.8, 4) is 11.8 Å². The number of hydrogen-bond acceptors (Lipinski definition) is 10. The van der Waals surface area contributed by atoms with Crippen LogP contribution in [-0.4, -0.2) is 63.6 Å². The second-order valence-electron chi connectivity index (χ2n) is 5.36. The maximum absolute atomic E-state index is 12.6. The summed E-state index contributed by atoms with van der Waals surface area (Å²) in [4.78, 5) is 23.5. The number of carbonyl (C=O) groups is 1. The molecular formula is C16H21N5O7S. The fourth-order valence-corrected chi connectivity index (χ4v) is 3.06. The van der Waals surface area contributed by atoms with Gasteiger partial charge in [-0.3, -0.25) is 5.32 Å². The van der Waals surface area contributed by atoms with Crippen molar-refractivity contribution in [2.24, 2.45) is 0 Å². The molecular weight excluding hydrogens is 406 g/mol. The van der Waals surface area contributed by atoms with Gasteiger partial charge >= 0.3 is 12.0 Å². The number of nitrogens with one attached hydrogen (secondary N) is 2. The van der Waals surface area contributed by atoms with Gasteiger partial charge in [0.2, 0.25) is 5.95 Å². The average Bonchev–Trinajstić information content (AvgIpc) is 2.67. The van der Waals surface area contributed by atoms with E-state index in [1.54, 1.807) is 13.0 Å². The fourth-order valence-electron chi connectivity index (χ4n) is 2.01. The van der Waals surface area contributed by atoms with Gasteiger partial charge in [0.25, 0.3) is 10.0 Å². The van der Waals surface area contributed by atoms with Crippen LogP contribution >= 0.6 is 0 Å². The molecule has 0 aliphatic rings. The van der Waals surface area contributed by atoms with Crippen molar-refractivity contribution in [3.63, 3.8) is 0 Å². The number of amides is 2. The molecule has 1 aromatic heterocycles. The first-order chi connectivity index (χ1) is 13.9. The number of ether oxygens (including phenoxy) is 4. The van der Waals surface area contributed by atoms with Gasteiger partial charge in [-0.1, -0.05) is 12.1 Å². The number of urea groups is 1. The molecule has 2 N–H and O–H groups in total. The van der Waals surface area contributed by atoms with Crippen LogP contribution in [0.25, 0.3) is 0 Å². The Hall–Kier alpha value is -3.03. The number of hydrogen-bond donors (Lipinski definition) is 2. The first kappa shape index (κ1) is 22.3. The van der Waals surface area contributed by atoms with Crippen molar-refractivity contribution in [2.75, 3.05) is 39.5 Å². The van der Waals surface area contributed by atoms with Crippen LogP contribution in [0, 0.1) is 6.92 Å². The van der Waals surface area contributed by atoms with Crippen LogP contribution in [0.5, 0.6) is 11.8 Å². The van der Waals surface area contributed by atoms with Crippen LogP contribution < -0.4 is 19.5 Å². The Balaban J connectivity index is 2.07. The number of benzene rings is 1. The van der Waals surface area contributed by atoms with E-state index in [-0.39, 0.29) is 41.8 Å². The molecule has 1 heterocycles. The Morgan fingerprint density at radius 2 is 1.86 bits per heavy atom. The summed E-state index contributed by atoms with van der Waals surface area (Å²) in [6.45, 7) is 2.02. The molecule has 12 nitrogen and oxygen atoms in total. The van der Waals surface area contributed by atoms with Gasteiger partial charge in [-0.25, -0.2) is 17.9 Å². The first-order valence-corrected chi connectivity index (χ1v) is 9.73. The summed E-state index contributed by atoms with van der Waals surface area (Å²) in [5.41, 5.74) is 0. The molecule has 0 aliphatic carbocycles. The van der Waals surface area contributed by atoms with E-state index in [4.69, 9.17) is 18.9 Å². The van der Waals surface area contributed by atoms with Gasteiger partial charge in [0.1, 0.15) is 16.5 Å². The lowest BCUT2D eigenvalue weighted by atomic mass is 10.3. The van der Waals surface area contributed by atoms with Crippen LogP contribution in [0.3, 0.4) is 0 Å². The van der Waals surface area contributed by atoms with Crippen molar-refractivity contribution in [1.29, 1.82) is 0 Å². The number of sulfonamides is 1. The largest absolute Gasteiger partial charge is 0.467 e. The number of methoxy groups -OCH3 is 2. The molecule has 0 saturated carbocycles. The molecule has 0 spiro atoms. The number of rotatable bonds is 10. The zero-order valence-electron chi connectivity index (χ0n) is 16.0. The SMILES string of the molecule is COCCOCOc1ccccc1S(=O)(=O)NC(=O)Nc1nc(C)nc(OC)n1. The molecule has 0 radical (unpaired) electrons. The van der Waals surface area contributed by atoms with E-state index < -0.39 is 16.1 Å². The summed E-state index contributed by atoms with van der Waals surface area (Å²) in [7, 11) is -1.38. The molecule has 2 amide bonds. The summed E-state index contributed by atoms with van der Waals surface area (Å²) in [6.07, 6.45) is 0. The maximum atomic E-state index is 12.6. The minimum absolute atomic E-state index is 0.0166. The average molecular weight is 427 g/mol. The third-order valence-electron chi connectivity index (χ3n) is 3.23. The molecule has 2 rings (SSSR count). The minimum Gasteiger partial charge on any atom is -0.467 e. The van der Waals surface area contributed by atoms with Crippen LogP contribution in [0.15, 0.2) is 29.2 Å². The molecule has 1 aromatic carbocycles. The second-order valence-corrected chi connectivity index (χ2v) is 7.01. The molecule has 0 fully saturated rings. The summed E-state index contributed by atoms with van der Waals surface area (Å²) in [6, 6.07) is 4.71. The fraction of sp³-hybridized carbons (Fsp3) is 0.375. The van der Waals surface area contributed by atoms with Crippen LogP contribution in [0.1, 0.15) is 5.82 Å². The van der Waals surface area contributed by atoms with Crippen molar-refractivity contribution in [3.05, 3.63) is 30.1 Å². The second kappa shape index (κ2) is 10.5. The van der Waals surface area contributed by atoms with Gasteiger partial charge in [0, 0.05) is 7.11 Å². The Morgan fingerprint density at radius 3 is 2.59 bits per heavy atom. The lowest BCUT2D eigenvalue weighted by molar-refractivity contribution is -0.00971. The summed E-state index contributed by atoms with van der Waals surface area (Å²) < 4.78 is 47.3. The smallest absolute Gasteiger partial charge is 0.335 e. The Labute approximate surface area is 167 Å². The highest BCUT2D eigenvalue weighted by Crippen LogP contribution is 2.23. The molecule has 0 bridgehead atoms. The van der Waals surface area contributed by atoms with E-state index in [9.17, 15) is 13.2 Å². The number of para-hydroxylation sites is 1. The van der Waals surface area contributed by atoms with Crippen molar-refractivity contribution < 1.29 is 32.2 Å². The minimum atomic E-state index is -4.25. The predicted molar refractivity (Wildman–Crippen MR) is 100 cm³/mol. The highest BCUT2D eigenvalue weighted by Gasteiger charge is 2.22. The van der Waals surface area contributed by atoms with Crippen LogP contribution in [0.4, 0.5) is 10.7 Å². The summed E-state index contributed by atoms with van der Waals surface area (Å²) >= 11 is 0. The predicted octanol–water partition coefficient (Wildman–Crippen LogP) is 0.698. The van der Waals surface area contributed by atoms with Gasteiger partial charge in [-0.2, -0.15) is 15.0 Å². The summed E-state index contributed by atoms with van der Waals surface area (Å²) in [5, 5.41) is 2.22. The third-order valence-corrected chi connectivity index (χ3v) is 4.60. The molecule has 0 atom stereocenters. The Morgan fingerprint density at radius 1 is 1.10 bits per heavy atom.